The molecule has 2 unspecified atom stereocenters. The SMILES string of the molecule is COC(=O)/C=C(/OC)C(C)C(/C=C/B(O)O)OC. The zero-order chi connectivity index (χ0) is 14.1. The molecule has 0 aromatic heterocycles. The largest absolute Gasteiger partial charge is 0.500 e. The first-order valence-electron chi connectivity index (χ1n) is 5.37. The number of hydrogen-bond acceptors (Lipinski definition) is 6. The molecule has 0 bridgehead atoms. The molecule has 102 valence electrons. The summed E-state index contributed by atoms with van der Waals surface area (Å²) in [5.74, 6) is 0.746. The number of rotatable bonds is 7. The van der Waals surface area contributed by atoms with Crippen LogP contribution in [0.5, 0.6) is 0 Å². The molecule has 2 atom stereocenters. The average Bonchev–Trinajstić information content (AvgIpc) is 2.35. The van der Waals surface area contributed by atoms with Gasteiger partial charge in [0.05, 0.1) is 26.4 Å². The Hall–Kier alpha value is -1.31. The van der Waals surface area contributed by atoms with Crippen LogP contribution in [0.1, 0.15) is 6.92 Å². The maximum absolute atomic E-state index is 11.1. The average molecular weight is 258 g/mol. The number of hydrogen-bond donors (Lipinski definition) is 2. The van der Waals surface area contributed by atoms with E-state index in [2.05, 4.69) is 4.74 Å². The number of esters is 1. The van der Waals surface area contributed by atoms with E-state index in [4.69, 9.17) is 19.5 Å². The van der Waals surface area contributed by atoms with Crippen LogP contribution in [0.2, 0.25) is 0 Å². The van der Waals surface area contributed by atoms with Crippen molar-refractivity contribution < 1.29 is 29.1 Å². The summed E-state index contributed by atoms with van der Waals surface area (Å²) in [7, 11) is 2.63. The van der Waals surface area contributed by atoms with Gasteiger partial charge in [-0.25, -0.2) is 4.79 Å². The fourth-order valence-electron chi connectivity index (χ4n) is 1.37. The Bertz CT molecular complexity index is 313. The van der Waals surface area contributed by atoms with Gasteiger partial charge in [0.2, 0.25) is 0 Å². The summed E-state index contributed by atoms with van der Waals surface area (Å²) in [5.41, 5.74) is 0. The molecule has 0 radical (unpaired) electrons. The minimum absolute atomic E-state index is 0.283. The van der Waals surface area contributed by atoms with E-state index in [0.717, 1.165) is 0 Å². The minimum Gasteiger partial charge on any atom is -0.500 e. The van der Waals surface area contributed by atoms with Crippen molar-refractivity contribution in [1.29, 1.82) is 0 Å². The molecule has 18 heavy (non-hydrogen) atoms. The fraction of sp³-hybridized carbons (Fsp3) is 0.545. The molecule has 0 spiro atoms. The van der Waals surface area contributed by atoms with E-state index in [-0.39, 0.29) is 5.92 Å². The molecule has 7 heteroatoms. The third-order valence-corrected chi connectivity index (χ3v) is 2.38. The molecule has 0 rings (SSSR count). The van der Waals surface area contributed by atoms with Crippen molar-refractivity contribution in [1.82, 2.24) is 0 Å². The summed E-state index contributed by atoms with van der Waals surface area (Å²) < 4.78 is 14.8. The van der Waals surface area contributed by atoms with Crippen LogP contribution in [-0.4, -0.2) is 50.6 Å². The Morgan fingerprint density at radius 1 is 1.22 bits per heavy atom. The first kappa shape index (κ1) is 16.7. The van der Waals surface area contributed by atoms with Crippen LogP contribution in [0.3, 0.4) is 0 Å². The summed E-state index contributed by atoms with van der Waals surface area (Å²) in [4.78, 5) is 11.1. The first-order chi connectivity index (χ1) is 8.46. The third kappa shape index (κ3) is 5.86. The van der Waals surface area contributed by atoms with E-state index in [0.29, 0.717) is 5.76 Å². The maximum atomic E-state index is 11.1. The highest BCUT2D eigenvalue weighted by atomic mass is 16.5. The van der Waals surface area contributed by atoms with Gasteiger partial charge >= 0.3 is 13.1 Å². The number of carbonyl (C=O) groups is 1. The van der Waals surface area contributed by atoms with Crippen molar-refractivity contribution in [3.8, 4) is 0 Å². The van der Waals surface area contributed by atoms with E-state index >= 15 is 0 Å². The summed E-state index contributed by atoms with van der Waals surface area (Å²) >= 11 is 0. The van der Waals surface area contributed by atoms with E-state index in [1.165, 1.54) is 39.5 Å². The van der Waals surface area contributed by atoms with Gasteiger partial charge in [-0.1, -0.05) is 19.0 Å². The van der Waals surface area contributed by atoms with Crippen LogP contribution in [0, 0.1) is 5.92 Å². The van der Waals surface area contributed by atoms with Crippen LogP contribution in [-0.2, 0) is 19.0 Å². The summed E-state index contributed by atoms with van der Waals surface area (Å²) in [6.45, 7) is 1.78. The van der Waals surface area contributed by atoms with Crippen LogP contribution in [0.15, 0.2) is 23.9 Å². The lowest BCUT2D eigenvalue weighted by Gasteiger charge is -2.21. The Kier molecular flexibility index (Phi) is 8.10. The molecule has 2 N–H and O–H groups in total. The molecular weight excluding hydrogens is 239 g/mol. The molecule has 0 aromatic carbocycles. The molecule has 0 amide bonds. The van der Waals surface area contributed by atoms with Gasteiger partial charge in [-0.3, -0.25) is 0 Å². The van der Waals surface area contributed by atoms with Crippen molar-refractivity contribution in [2.45, 2.75) is 13.0 Å². The van der Waals surface area contributed by atoms with Crippen molar-refractivity contribution in [2.75, 3.05) is 21.3 Å². The predicted octanol–water partition coefficient (Wildman–Crippen LogP) is -0.0910. The Morgan fingerprint density at radius 3 is 2.22 bits per heavy atom. The standard InChI is InChI=1S/C11H19BO6/c1-8(9(16-2)5-6-12(14)15)10(17-3)7-11(13)18-4/h5-9,14-15H,1-4H3/b6-5+,10-7+. The lowest BCUT2D eigenvalue weighted by Crippen LogP contribution is -2.22. The number of methoxy groups -OCH3 is 3. The fourth-order valence-corrected chi connectivity index (χ4v) is 1.37. The van der Waals surface area contributed by atoms with Gasteiger partial charge in [-0.05, 0) is 0 Å². The van der Waals surface area contributed by atoms with Gasteiger partial charge in [0.25, 0.3) is 0 Å². The minimum atomic E-state index is -1.55. The predicted molar refractivity (Wildman–Crippen MR) is 66.4 cm³/mol. The second kappa shape index (κ2) is 8.74. The van der Waals surface area contributed by atoms with E-state index in [1.807, 2.05) is 0 Å². The van der Waals surface area contributed by atoms with Gasteiger partial charge in [-0.15, -0.1) is 0 Å². The number of ether oxygens (including phenoxy) is 3. The van der Waals surface area contributed by atoms with E-state index < -0.39 is 19.2 Å². The maximum Gasteiger partial charge on any atom is 0.480 e. The van der Waals surface area contributed by atoms with E-state index in [1.54, 1.807) is 6.92 Å². The Morgan fingerprint density at radius 2 is 1.83 bits per heavy atom. The lowest BCUT2D eigenvalue weighted by atomic mass is 9.89. The molecule has 0 aliphatic rings. The van der Waals surface area contributed by atoms with Crippen molar-refractivity contribution in [3.05, 3.63) is 23.9 Å². The zero-order valence-corrected chi connectivity index (χ0v) is 11.0. The highest BCUT2D eigenvalue weighted by Crippen LogP contribution is 2.19. The second-order valence-corrected chi connectivity index (χ2v) is 3.56. The normalized spacial score (nSPS) is 15.3. The second-order valence-electron chi connectivity index (χ2n) is 3.56. The van der Waals surface area contributed by atoms with Crippen molar-refractivity contribution >= 4 is 13.1 Å². The molecule has 0 aromatic rings. The van der Waals surface area contributed by atoms with Crippen LogP contribution in [0.4, 0.5) is 0 Å². The van der Waals surface area contributed by atoms with Crippen LogP contribution >= 0.6 is 0 Å². The molecule has 6 nitrogen and oxygen atoms in total. The summed E-state index contributed by atoms with van der Waals surface area (Å²) in [6.07, 6.45) is 2.25. The van der Waals surface area contributed by atoms with Gasteiger partial charge < -0.3 is 24.3 Å². The number of carbonyl (C=O) groups excluding carboxylic acids is 1. The quantitative estimate of drug-likeness (QED) is 0.287. The molecule has 0 heterocycles. The van der Waals surface area contributed by atoms with Gasteiger partial charge in [-0.2, -0.15) is 0 Å². The van der Waals surface area contributed by atoms with Crippen LogP contribution in [0.25, 0.3) is 0 Å². The molecule has 0 aliphatic heterocycles. The van der Waals surface area contributed by atoms with Gasteiger partial charge in [0.1, 0.15) is 5.76 Å². The summed E-state index contributed by atoms with van der Waals surface area (Å²) in [5, 5.41) is 17.5. The Balaban J connectivity index is 4.88. The first-order valence-corrected chi connectivity index (χ1v) is 5.37. The molecule has 0 fully saturated rings. The highest BCUT2D eigenvalue weighted by Gasteiger charge is 2.21. The van der Waals surface area contributed by atoms with Crippen LogP contribution < -0.4 is 0 Å². The van der Waals surface area contributed by atoms with Gasteiger partial charge in [0, 0.05) is 13.0 Å². The Labute approximate surface area is 107 Å². The molecule has 0 aliphatic carbocycles. The van der Waals surface area contributed by atoms with Gasteiger partial charge in [0.15, 0.2) is 0 Å². The lowest BCUT2D eigenvalue weighted by molar-refractivity contribution is -0.135. The molecule has 0 saturated heterocycles. The summed E-state index contributed by atoms with van der Waals surface area (Å²) in [6, 6.07) is 0. The molecular formula is C11H19BO6. The smallest absolute Gasteiger partial charge is 0.480 e. The van der Waals surface area contributed by atoms with Crippen molar-refractivity contribution in [2.24, 2.45) is 5.92 Å². The third-order valence-electron chi connectivity index (χ3n) is 2.38. The zero-order valence-electron chi connectivity index (χ0n) is 11.0. The topological polar surface area (TPSA) is 85.2 Å². The van der Waals surface area contributed by atoms with E-state index in [9.17, 15) is 4.79 Å². The highest BCUT2D eigenvalue weighted by molar-refractivity contribution is 6.47. The molecule has 0 saturated carbocycles. The van der Waals surface area contributed by atoms with Crippen molar-refractivity contribution in [3.63, 3.8) is 0 Å². The monoisotopic (exact) mass is 258 g/mol.